The molecule has 0 atom stereocenters. The Kier molecular flexibility index (Phi) is 7.76. The van der Waals surface area contributed by atoms with Gasteiger partial charge in [0, 0.05) is 21.0 Å². The van der Waals surface area contributed by atoms with Crippen LogP contribution in [0.5, 0.6) is 5.75 Å². The summed E-state index contributed by atoms with van der Waals surface area (Å²) in [5.41, 5.74) is 3.72. The molecule has 1 aromatic heterocycles. The molecule has 5 rings (SSSR count). The van der Waals surface area contributed by atoms with Crippen LogP contribution in [0.2, 0.25) is 0 Å². The van der Waals surface area contributed by atoms with E-state index >= 15 is 0 Å². The first-order valence-electron chi connectivity index (χ1n) is 12.3. The normalized spacial score (nSPS) is 11.6. The Morgan fingerprint density at radius 1 is 0.951 bits per heavy atom. The van der Waals surface area contributed by atoms with Crippen LogP contribution in [0.15, 0.2) is 101 Å². The van der Waals surface area contributed by atoms with E-state index in [4.69, 9.17) is 4.74 Å². The van der Waals surface area contributed by atoms with Crippen molar-refractivity contribution < 1.29 is 27.5 Å². The molecule has 6 nitrogen and oxygen atoms in total. The number of hydrogen-bond donors (Lipinski definition) is 2. The number of carbonyl (C=O) groups excluding carboxylic acids is 2. The lowest BCUT2D eigenvalue weighted by atomic mass is 10.0. The van der Waals surface area contributed by atoms with Gasteiger partial charge in [0.25, 0.3) is 5.91 Å². The van der Waals surface area contributed by atoms with Gasteiger partial charge in [-0.2, -0.15) is 18.3 Å². The van der Waals surface area contributed by atoms with Crippen molar-refractivity contribution in [3.8, 4) is 16.9 Å². The van der Waals surface area contributed by atoms with Crippen LogP contribution in [-0.4, -0.2) is 23.1 Å². The number of aromatic amines is 1. The van der Waals surface area contributed by atoms with Gasteiger partial charge in [-0.3, -0.25) is 4.79 Å². The molecule has 0 radical (unpaired) electrons. The van der Waals surface area contributed by atoms with Crippen LogP contribution in [-0.2, 0) is 6.18 Å². The van der Waals surface area contributed by atoms with Crippen LogP contribution in [0.1, 0.15) is 37.5 Å². The van der Waals surface area contributed by atoms with Gasteiger partial charge in [-0.25, -0.2) is 10.2 Å². The van der Waals surface area contributed by atoms with Gasteiger partial charge in [0.1, 0.15) is 11.4 Å². The summed E-state index contributed by atoms with van der Waals surface area (Å²) in [6, 6.07) is 24.3. The number of esters is 1. The van der Waals surface area contributed by atoms with E-state index in [0.717, 1.165) is 11.6 Å². The number of aryl methyl sites for hydroxylation is 1. The minimum atomic E-state index is -4.63. The molecule has 0 saturated heterocycles. The summed E-state index contributed by atoms with van der Waals surface area (Å²) >= 11 is 3.37. The zero-order valence-electron chi connectivity index (χ0n) is 21.4. The highest BCUT2D eigenvalue weighted by atomic mass is 79.9. The first kappa shape index (κ1) is 27.9. The lowest BCUT2D eigenvalue weighted by Crippen LogP contribution is -2.19. The van der Waals surface area contributed by atoms with Gasteiger partial charge < -0.3 is 9.72 Å². The van der Waals surface area contributed by atoms with Gasteiger partial charge in [0.05, 0.1) is 22.9 Å². The Labute approximate surface area is 241 Å². The standard InChI is InChI=1S/C31H21BrF3N3O3/c1-18-7-5-10-20(15-18)30(40)41-25-14-13-22(32)16-21(25)17-36-38-29(39)28-26(19-8-3-2-4-9-19)23-11-6-12-24(27(23)37-28)31(33,34)35/h2-17,37H,1H3,(H,38,39). The molecule has 0 fully saturated rings. The number of fused-ring (bicyclic) bond motifs is 1. The van der Waals surface area contributed by atoms with Crippen LogP contribution in [0, 0.1) is 6.92 Å². The molecule has 0 bridgehead atoms. The van der Waals surface area contributed by atoms with Crippen LogP contribution >= 0.6 is 15.9 Å². The maximum absolute atomic E-state index is 13.8. The van der Waals surface area contributed by atoms with Gasteiger partial charge in [0.15, 0.2) is 0 Å². The van der Waals surface area contributed by atoms with Crippen molar-refractivity contribution in [3.63, 3.8) is 0 Å². The third kappa shape index (κ3) is 6.07. The summed E-state index contributed by atoms with van der Waals surface area (Å²) in [5.74, 6) is -1.12. The van der Waals surface area contributed by atoms with Crippen LogP contribution in [0.4, 0.5) is 13.2 Å². The fourth-order valence-corrected chi connectivity index (χ4v) is 4.77. The largest absolute Gasteiger partial charge is 0.422 e. The Morgan fingerprint density at radius 2 is 1.71 bits per heavy atom. The average molecular weight is 620 g/mol. The fraction of sp³-hybridized carbons (Fsp3) is 0.0645. The van der Waals surface area contributed by atoms with Crippen molar-refractivity contribution in [2.45, 2.75) is 13.1 Å². The predicted molar refractivity (Wildman–Crippen MR) is 154 cm³/mol. The molecule has 1 amide bonds. The number of carbonyl (C=O) groups is 2. The molecule has 0 aliphatic rings. The smallest absolute Gasteiger partial charge is 0.418 e. The van der Waals surface area contributed by atoms with E-state index in [0.29, 0.717) is 26.7 Å². The van der Waals surface area contributed by atoms with E-state index in [1.54, 1.807) is 66.7 Å². The Morgan fingerprint density at radius 3 is 2.44 bits per heavy atom. The molecule has 0 spiro atoms. The van der Waals surface area contributed by atoms with Gasteiger partial charge in [-0.1, -0.05) is 76.1 Å². The van der Waals surface area contributed by atoms with Crippen molar-refractivity contribution in [1.29, 1.82) is 0 Å². The summed E-state index contributed by atoms with van der Waals surface area (Å²) in [7, 11) is 0. The third-order valence-electron chi connectivity index (χ3n) is 6.23. The Balaban J connectivity index is 1.46. The maximum atomic E-state index is 13.8. The minimum Gasteiger partial charge on any atom is -0.422 e. The van der Waals surface area contributed by atoms with Crippen LogP contribution in [0.25, 0.3) is 22.0 Å². The molecule has 0 aliphatic heterocycles. The fourth-order valence-electron chi connectivity index (χ4n) is 4.39. The molecule has 1 heterocycles. The first-order valence-corrected chi connectivity index (χ1v) is 13.1. The van der Waals surface area contributed by atoms with Gasteiger partial charge >= 0.3 is 12.1 Å². The molecule has 5 aromatic rings. The third-order valence-corrected chi connectivity index (χ3v) is 6.72. The summed E-state index contributed by atoms with van der Waals surface area (Å²) in [6.45, 7) is 1.86. The number of hydrogen-bond acceptors (Lipinski definition) is 4. The second-order valence-electron chi connectivity index (χ2n) is 9.11. The van der Waals surface area contributed by atoms with Crippen molar-refractivity contribution in [1.82, 2.24) is 10.4 Å². The molecule has 0 unspecified atom stereocenters. The molecule has 4 aromatic carbocycles. The highest BCUT2D eigenvalue weighted by molar-refractivity contribution is 9.10. The number of hydrazone groups is 1. The van der Waals surface area contributed by atoms with Crippen molar-refractivity contribution in [2.24, 2.45) is 5.10 Å². The number of H-pyrrole nitrogens is 1. The highest BCUT2D eigenvalue weighted by Crippen LogP contribution is 2.39. The molecule has 10 heteroatoms. The quantitative estimate of drug-likeness (QED) is 0.0876. The van der Waals surface area contributed by atoms with E-state index in [9.17, 15) is 22.8 Å². The number of benzene rings is 4. The number of ether oxygens (including phenoxy) is 1. The second kappa shape index (κ2) is 11.4. The van der Waals surface area contributed by atoms with Crippen LogP contribution < -0.4 is 10.2 Å². The number of aromatic nitrogens is 1. The van der Waals surface area contributed by atoms with Gasteiger partial charge in [0.2, 0.25) is 0 Å². The van der Waals surface area contributed by atoms with Crippen molar-refractivity contribution in [2.75, 3.05) is 0 Å². The summed E-state index contributed by atoms with van der Waals surface area (Å²) in [4.78, 5) is 28.6. The summed E-state index contributed by atoms with van der Waals surface area (Å²) in [5, 5.41) is 4.26. The Hall–Kier alpha value is -4.70. The molecule has 0 aliphatic carbocycles. The molecular formula is C31H21BrF3N3O3. The number of amides is 1. The maximum Gasteiger partial charge on any atom is 0.418 e. The van der Waals surface area contributed by atoms with E-state index in [-0.39, 0.29) is 22.3 Å². The SMILES string of the molecule is Cc1cccc(C(=O)Oc2ccc(Br)cc2C=NNC(=O)c2[nH]c3c(C(F)(F)F)cccc3c2-c2ccccc2)c1. The number of rotatable bonds is 6. The zero-order chi connectivity index (χ0) is 29.1. The van der Waals surface area contributed by atoms with E-state index in [1.165, 1.54) is 18.3 Å². The Bertz CT molecular complexity index is 1800. The van der Waals surface area contributed by atoms with E-state index in [2.05, 4.69) is 31.4 Å². The van der Waals surface area contributed by atoms with Crippen molar-refractivity contribution >= 4 is 44.9 Å². The predicted octanol–water partition coefficient (Wildman–Crippen LogP) is 7.91. The monoisotopic (exact) mass is 619 g/mol. The lowest BCUT2D eigenvalue weighted by Gasteiger charge is -2.09. The molecule has 206 valence electrons. The molecule has 0 saturated carbocycles. The lowest BCUT2D eigenvalue weighted by molar-refractivity contribution is -0.136. The van der Waals surface area contributed by atoms with E-state index in [1.807, 2.05) is 13.0 Å². The topological polar surface area (TPSA) is 83.5 Å². The zero-order valence-corrected chi connectivity index (χ0v) is 23.0. The second-order valence-corrected chi connectivity index (χ2v) is 10.0. The van der Waals surface area contributed by atoms with Crippen LogP contribution in [0.3, 0.4) is 0 Å². The number of para-hydroxylation sites is 1. The number of nitrogens with zero attached hydrogens (tertiary/aromatic N) is 1. The minimum absolute atomic E-state index is 0.0830. The van der Waals surface area contributed by atoms with Gasteiger partial charge in [-0.15, -0.1) is 0 Å². The number of alkyl halides is 3. The van der Waals surface area contributed by atoms with E-state index < -0.39 is 23.6 Å². The summed E-state index contributed by atoms with van der Waals surface area (Å²) < 4.78 is 47.5. The molecule has 41 heavy (non-hydrogen) atoms. The number of halogens is 4. The van der Waals surface area contributed by atoms with Crippen molar-refractivity contribution in [3.05, 3.63) is 123 Å². The highest BCUT2D eigenvalue weighted by Gasteiger charge is 2.34. The molecule has 2 N–H and O–H groups in total. The van der Waals surface area contributed by atoms with Gasteiger partial charge in [-0.05, 0) is 48.9 Å². The summed E-state index contributed by atoms with van der Waals surface area (Å²) in [6.07, 6.45) is -3.34. The first-order chi connectivity index (χ1) is 19.6. The average Bonchev–Trinajstić information content (AvgIpc) is 3.34. The number of nitrogens with one attached hydrogen (secondary N) is 2. The molecular weight excluding hydrogens is 599 g/mol.